The number of anilines is 1. The number of hydrogen-bond acceptors (Lipinski definition) is 4. The second-order valence-electron chi connectivity index (χ2n) is 5.26. The summed E-state index contributed by atoms with van der Waals surface area (Å²) in [5.74, 6) is 0.898. The van der Waals surface area contributed by atoms with Crippen LogP contribution in [0.1, 0.15) is 13.3 Å². The van der Waals surface area contributed by atoms with Crippen molar-refractivity contribution in [1.29, 1.82) is 0 Å². The van der Waals surface area contributed by atoms with Crippen LogP contribution in [0.4, 0.5) is 5.69 Å². The molecule has 2 rings (SSSR count). The van der Waals surface area contributed by atoms with Crippen molar-refractivity contribution in [2.45, 2.75) is 19.4 Å². The minimum Gasteiger partial charge on any atom is -0.492 e. The summed E-state index contributed by atoms with van der Waals surface area (Å²) in [6.07, 6.45) is 1.21. The molecule has 19 heavy (non-hydrogen) atoms. The van der Waals surface area contributed by atoms with Crippen LogP contribution in [0.5, 0.6) is 5.75 Å². The number of hydrogen-bond donors (Lipinski definition) is 1. The van der Waals surface area contributed by atoms with Crippen molar-refractivity contribution >= 4 is 5.69 Å². The first-order valence-electron chi connectivity index (χ1n) is 7.10. The number of ether oxygens (including phenoxy) is 1. The van der Waals surface area contributed by atoms with Crippen LogP contribution in [-0.4, -0.2) is 55.7 Å². The first-order valence-corrected chi connectivity index (χ1v) is 7.10. The largest absolute Gasteiger partial charge is 0.492 e. The Hall–Kier alpha value is -1.26. The lowest BCUT2D eigenvalue weighted by molar-refractivity contribution is 0.0824. The quantitative estimate of drug-likeness (QED) is 0.821. The Balaban J connectivity index is 1.72. The number of benzene rings is 1. The van der Waals surface area contributed by atoms with E-state index in [2.05, 4.69) is 23.8 Å². The van der Waals surface area contributed by atoms with Gasteiger partial charge in [0.25, 0.3) is 0 Å². The van der Waals surface area contributed by atoms with Crippen LogP contribution in [0.2, 0.25) is 0 Å². The molecule has 0 radical (unpaired) electrons. The zero-order chi connectivity index (χ0) is 13.7. The molecule has 0 spiro atoms. The minimum absolute atomic E-state index is 0.685. The predicted molar refractivity (Wildman–Crippen MR) is 79.5 cm³/mol. The van der Waals surface area contributed by atoms with Crippen LogP contribution < -0.4 is 10.5 Å². The molecule has 1 atom stereocenters. The van der Waals surface area contributed by atoms with Crippen molar-refractivity contribution in [3.63, 3.8) is 0 Å². The van der Waals surface area contributed by atoms with Crippen LogP contribution in [0.15, 0.2) is 24.3 Å². The highest BCUT2D eigenvalue weighted by Crippen LogP contribution is 2.14. The Morgan fingerprint density at radius 2 is 2.00 bits per heavy atom. The van der Waals surface area contributed by atoms with Gasteiger partial charge in [-0.15, -0.1) is 0 Å². The molecule has 0 amide bonds. The fraction of sp³-hybridized carbons (Fsp3) is 0.600. The normalized spacial score (nSPS) is 21.5. The molecular formula is C15H25N3O. The van der Waals surface area contributed by atoms with Gasteiger partial charge in [0, 0.05) is 37.9 Å². The highest BCUT2D eigenvalue weighted by atomic mass is 16.5. The Bertz CT molecular complexity index is 379. The van der Waals surface area contributed by atoms with Crippen LogP contribution in [-0.2, 0) is 0 Å². The van der Waals surface area contributed by atoms with Crippen molar-refractivity contribution < 1.29 is 4.74 Å². The fourth-order valence-corrected chi connectivity index (χ4v) is 2.51. The van der Waals surface area contributed by atoms with Gasteiger partial charge in [-0.3, -0.25) is 4.90 Å². The van der Waals surface area contributed by atoms with Crippen molar-refractivity contribution in [1.82, 2.24) is 9.80 Å². The van der Waals surface area contributed by atoms with Gasteiger partial charge in [0.05, 0.1) is 0 Å². The number of likely N-dealkylation sites (N-methyl/N-ethyl adjacent to an activating group) is 1. The Morgan fingerprint density at radius 3 is 2.68 bits per heavy atom. The van der Waals surface area contributed by atoms with Crippen molar-refractivity contribution in [2.24, 2.45) is 0 Å². The zero-order valence-electron chi connectivity index (χ0n) is 12.0. The summed E-state index contributed by atoms with van der Waals surface area (Å²) in [5.41, 5.74) is 6.42. The summed E-state index contributed by atoms with van der Waals surface area (Å²) in [6, 6.07) is 8.28. The van der Waals surface area contributed by atoms with Crippen molar-refractivity contribution in [2.75, 3.05) is 45.6 Å². The van der Waals surface area contributed by atoms with E-state index in [1.165, 1.54) is 6.42 Å². The predicted octanol–water partition coefficient (Wildman–Crippen LogP) is 1.67. The average molecular weight is 263 g/mol. The lowest BCUT2D eigenvalue weighted by atomic mass is 10.1. The SMILES string of the molecule is CCC1CN(CCOc2ccc(N)cc2)CCN1C. The summed E-state index contributed by atoms with van der Waals surface area (Å²) in [5, 5.41) is 0. The summed E-state index contributed by atoms with van der Waals surface area (Å²) >= 11 is 0. The molecule has 0 saturated carbocycles. The molecule has 1 aromatic carbocycles. The molecule has 2 N–H and O–H groups in total. The third-order valence-corrected chi connectivity index (χ3v) is 3.89. The molecule has 1 heterocycles. The summed E-state index contributed by atoms with van der Waals surface area (Å²) in [4.78, 5) is 4.95. The molecule has 1 aliphatic heterocycles. The topological polar surface area (TPSA) is 41.7 Å². The average Bonchev–Trinajstić information content (AvgIpc) is 2.43. The van der Waals surface area contributed by atoms with E-state index >= 15 is 0 Å². The van der Waals surface area contributed by atoms with E-state index in [0.29, 0.717) is 6.04 Å². The first-order chi connectivity index (χ1) is 9.19. The molecule has 0 bridgehead atoms. The van der Waals surface area contributed by atoms with Gasteiger partial charge in [0.2, 0.25) is 0 Å². The van der Waals surface area contributed by atoms with E-state index in [-0.39, 0.29) is 0 Å². The van der Waals surface area contributed by atoms with Crippen molar-refractivity contribution in [3.8, 4) is 5.75 Å². The van der Waals surface area contributed by atoms with Gasteiger partial charge in [-0.1, -0.05) is 6.92 Å². The maximum absolute atomic E-state index is 5.75. The molecule has 106 valence electrons. The van der Waals surface area contributed by atoms with E-state index in [9.17, 15) is 0 Å². The number of nitrogens with two attached hydrogens (primary N) is 1. The van der Waals surface area contributed by atoms with Crippen LogP contribution in [0.25, 0.3) is 0 Å². The summed E-state index contributed by atoms with van der Waals surface area (Å²) < 4.78 is 5.75. The molecule has 4 heteroatoms. The summed E-state index contributed by atoms with van der Waals surface area (Å²) in [6.45, 7) is 7.44. The maximum Gasteiger partial charge on any atom is 0.119 e. The van der Waals surface area contributed by atoms with E-state index < -0.39 is 0 Å². The van der Waals surface area contributed by atoms with E-state index in [1.54, 1.807) is 0 Å². The Kier molecular flexibility index (Phi) is 5.05. The third kappa shape index (κ3) is 4.11. The third-order valence-electron chi connectivity index (χ3n) is 3.89. The van der Waals surface area contributed by atoms with Gasteiger partial charge in [-0.2, -0.15) is 0 Å². The zero-order valence-corrected chi connectivity index (χ0v) is 12.0. The van der Waals surface area contributed by atoms with Gasteiger partial charge in [-0.05, 0) is 37.7 Å². The molecule has 1 fully saturated rings. The number of rotatable bonds is 5. The van der Waals surface area contributed by atoms with Crippen LogP contribution in [0, 0.1) is 0 Å². The van der Waals surface area contributed by atoms with Gasteiger partial charge in [0.1, 0.15) is 12.4 Å². The molecule has 1 aromatic rings. The lowest BCUT2D eigenvalue weighted by Crippen LogP contribution is -2.51. The molecular weight excluding hydrogens is 238 g/mol. The molecule has 0 aromatic heterocycles. The maximum atomic E-state index is 5.75. The van der Waals surface area contributed by atoms with Crippen LogP contribution in [0.3, 0.4) is 0 Å². The van der Waals surface area contributed by atoms with Crippen molar-refractivity contribution in [3.05, 3.63) is 24.3 Å². The number of piperazine rings is 1. The minimum atomic E-state index is 0.685. The Labute approximate surface area is 116 Å². The monoisotopic (exact) mass is 263 g/mol. The summed E-state index contributed by atoms with van der Waals surface area (Å²) in [7, 11) is 2.22. The molecule has 4 nitrogen and oxygen atoms in total. The number of nitrogen functional groups attached to an aromatic ring is 1. The van der Waals surface area contributed by atoms with E-state index in [1.807, 2.05) is 24.3 Å². The lowest BCUT2D eigenvalue weighted by Gasteiger charge is -2.39. The Morgan fingerprint density at radius 1 is 1.26 bits per heavy atom. The molecule has 0 aliphatic carbocycles. The van der Waals surface area contributed by atoms with Gasteiger partial charge in [-0.25, -0.2) is 0 Å². The van der Waals surface area contributed by atoms with Gasteiger partial charge < -0.3 is 15.4 Å². The van der Waals surface area contributed by atoms with Gasteiger partial charge >= 0.3 is 0 Å². The second-order valence-corrected chi connectivity index (χ2v) is 5.26. The highest BCUT2D eigenvalue weighted by Gasteiger charge is 2.22. The molecule has 1 aliphatic rings. The highest BCUT2D eigenvalue weighted by molar-refractivity contribution is 5.41. The smallest absolute Gasteiger partial charge is 0.119 e. The second kappa shape index (κ2) is 6.78. The number of nitrogens with zero attached hydrogens (tertiary/aromatic N) is 2. The molecule has 1 saturated heterocycles. The molecule has 1 unspecified atom stereocenters. The van der Waals surface area contributed by atoms with Crippen LogP contribution >= 0.6 is 0 Å². The first kappa shape index (κ1) is 14.2. The van der Waals surface area contributed by atoms with E-state index in [0.717, 1.165) is 44.2 Å². The van der Waals surface area contributed by atoms with Gasteiger partial charge in [0.15, 0.2) is 0 Å². The standard InChI is InChI=1S/C15H25N3O/c1-3-14-12-18(9-8-17(14)2)10-11-19-15-6-4-13(16)5-7-15/h4-7,14H,3,8-12,16H2,1-2H3. The van der Waals surface area contributed by atoms with E-state index in [4.69, 9.17) is 10.5 Å². The fourth-order valence-electron chi connectivity index (χ4n) is 2.51.